The summed E-state index contributed by atoms with van der Waals surface area (Å²) in [5.41, 5.74) is 1.07. The third-order valence-corrected chi connectivity index (χ3v) is 3.81. The lowest BCUT2D eigenvalue weighted by Crippen LogP contribution is -2.22. The van der Waals surface area contributed by atoms with E-state index in [0.717, 1.165) is 5.56 Å². The number of rotatable bonds is 6. The molecule has 2 nitrogen and oxygen atoms in total. The van der Waals surface area contributed by atoms with Gasteiger partial charge in [0, 0.05) is 23.6 Å². The molecule has 0 unspecified atom stereocenters. The van der Waals surface area contributed by atoms with Crippen molar-refractivity contribution in [1.82, 2.24) is 5.32 Å². The minimum Gasteiger partial charge on any atom is -0.352 e. The molecule has 2 aromatic carbocycles. The second-order valence-corrected chi connectivity index (χ2v) is 5.43. The maximum atomic E-state index is 13.4. The fraction of sp³-hybridized carbons (Fsp3) is 0.188. The minimum absolute atomic E-state index is 0.0160. The number of benzene rings is 2. The number of carbonyl (C=O) groups is 1. The van der Waals surface area contributed by atoms with Gasteiger partial charge in [-0.25, -0.2) is 4.39 Å². The summed E-state index contributed by atoms with van der Waals surface area (Å²) in [7, 11) is 0. The van der Waals surface area contributed by atoms with Crippen LogP contribution in [0.2, 0.25) is 0 Å². The number of halogens is 1. The molecule has 0 heterocycles. The van der Waals surface area contributed by atoms with Gasteiger partial charge in [-0.1, -0.05) is 42.5 Å². The molecule has 0 saturated carbocycles. The normalized spacial score (nSPS) is 10.2. The second kappa shape index (κ2) is 7.70. The van der Waals surface area contributed by atoms with Crippen LogP contribution >= 0.6 is 11.8 Å². The highest BCUT2D eigenvalue weighted by Crippen LogP contribution is 2.21. The van der Waals surface area contributed by atoms with E-state index in [9.17, 15) is 9.18 Å². The van der Waals surface area contributed by atoms with Crippen molar-refractivity contribution in [2.75, 3.05) is 5.75 Å². The third-order valence-electron chi connectivity index (χ3n) is 2.76. The van der Waals surface area contributed by atoms with Crippen molar-refractivity contribution in [3.8, 4) is 0 Å². The zero-order valence-electron chi connectivity index (χ0n) is 11.0. The fourth-order valence-electron chi connectivity index (χ4n) is 1.70. The van der Waals surface area contributed by atoms with E-state index in [4.69, 9.17) is 0 Å². The van der Waals surface area contributed by atoms with Gasteiger partial charge in [0.15, 0.2) is 0 Å². The predicted molar refractivity (Wildman–Crippen MR) is 80.0 cm³/mol. The molecule has 0 aliphatic heterocycles. The van der Waals surface area contributed by atoms with Crippen molar-refractivity contribution < 1.29 is 9.18 Å². The van der Waals surface area contributed by atoms with Gasteiger partial charge < -0.3 is 5.32 Å². The van der Waals surface area contributed by atoms with Crippen LogP contribution in [-0.4, -0.2) is 11.7 Å². The molecule has 1 N–H and O–H groups in total. The Hall–Kier alpha value is -1.81. The summed E-state index contributed by atoms with van der Waals surface area (Å²) >= 11 is 1.36. The van der Waals surface area contributed by atoms with Crippen LogP contribution in [0.25, 0.3) is 0 Å². The molecule has 20 heavy (non-hydrogen) atoms. The Labute approximate surface area is 122 Å². The van der Waals surface area contributed by atoms with E-state index >= 15 is 0 Å². The van der Waals surface area contributed by atoms with Gasteiger partial charge >= 0.3 is 0 Å². The van der Waals surface area contributed by atoms with Crippen molar-refractivity contribution in [1.29, 1.82) is 0 Å². The van der Waals surface area contributed by atoms with Gasteiger partial charge in [0.2, 0.25) is 5.91 Å². The summed E-state index contributed by atoms with van der Waals surface area (Å²) < 4.78 is 13.4. The molecule has 0 aromatic heterocycles. The van der Waals surface area contributed by atoms with E-state index in [1.165, 1.54) is 17.8 Å². The Balaban J connectivity index is 1.69. The van der Waals surface area contributed by atoms with Crippen LogP contribution in [0.4, 0.5) is 4.39 Å². The molecule has 0 spiro atoms. The van der Waals surface area contributed by atoms with Crippen molar-refractivity contribution in [2.45, 2.75) is 17.9 Å². The quantitative estimate of drug-likeness (QED) is 0.823. The second-order valence-electron chi connectivity index (χ2n) is 4.29. The first-order valence-electron chi connectivity index (χ1n) is 6.43. The lowest BCUT2D eigenvalue weighted by Gasteiger charge is -2.05. The molecule has 0 aliphatic rings. The van der Waals surface area contributed by atoms with Crippen LogP contribution in [0.3, 0.4) is 0 Å². The maximum Gasteiger partial charge on any atom is 0.221 e. The number of hydrogen-bond donors (Lipinski definition) is 1. The van der Waals surface area contributed by atoms with Crippen LogP contribution in [0.1, 0.15) is 12.0 Å². The summed E-state index contributed by atoms with van der Waals surface area (Å²) in [5.74, 6) is 0.321. The third kappa shape index (κ3) is 4.70. The molecule has 2 rings (SSSR count). The minimum atomic E-state index is -0.234. The lowest BCUT2D eigenvalue weighted by molar-refractivity contribution is -0.120. The first-order chi connectivity index (χ1) is 9.75. The highest BCUT2D eigenvalue weighted by Gasteiger charge is 2.04. The van der Waals surface area contributed by atoms with Crippen molar-refractivity contribution in [3.63, 3.8) is 0 Å². The Morgan fingerprint density at radius 3 is 2.50 bits per heavy atom. The van der Waals surface area contributed by atoms with Crippen molar-refractivity contribution in [3.05, 3.63) is 66.0 Å². The highest BCUT2D eigenvalue weighted by atomic mass is 32.2. The van der Waals surface area contributed by atoms with Crippen LogP contribution in [0.5, 0.6) is 0 Å². The number of amides is 1. The molecule has 104 valence electrons. The lowest BCUT2D eigenvalue weighted by atomic mass is 10.2. The van der Waals surface area contributed by atoms with Crippen molar-refractivity contribution >= 4 is 17.7 Å². The number of hydrogen-bond acceptors (Lipinski definition) is 2. The molecule has 2 aromatic rings. The molecule has 0 radical (unpaired) electrons. The summed E-state index contributed by atoms with van der Waals surface area (Å²) in [5, 5.41) is 2.85. The van der Waals surface area contributed by atoms with Gasteiger partial charge in [0.05, 0.1) is 0 Å². The van der Waals surface area contributed by atoms with Gasteiger partial charge in [-0.2, -0.15) is 0 Å². The molecule has 0 aliphatic carbocycles. The summed E-state index contributed by atoms with van der Waals surface area (Å²) in [4.78, 5) is 12.3. The molecular weight excluding hydrogens is 273 g/mol. The molecule has 0 atom stereocenters. The average Bonchev–Trinajstić information content (AvgIpc) is 2.48. The monoisotopic (exact) mass is 289 g/mol. The van der Waals surface area contributed by atoms with E-state index in [2.05, 4.69) is 5.32 Å². The van der Waals surface area contributed by atoms with Gasteiger partial charge in [-0.15, -0.1) is 11.8 Å². The van der Waals surface area contributed by atoms with Crippen LogP contribution in [0.15, 0.2) is 59.5 Å². The Morgan fingerprint density at radius 2 is 1.75 bits per heavy atom. The molecular formula is C16H16FNOS. The molecule has 0 saturated heterocycles. The average molecular weight is 289 g/mol. The summed E-state index contributed by atoms with van der Waals surface area (Å²) in [6.07, 6.45) is 0.381. The molecule has 0 fully saturated rings. The smallest absolute Gasteiger partial charge is 0.221 e. The van der Waals surface area contributed by atoms with E-state index < -0.39 is 0 Å². The van der Waals surface area contributed by atoms with E-state index in [1.807, 2.05) is 30.3 Å². The van der Waals surface area contributed by atoms with Gasteiger partial charge in [-0.3, -0.25) is 4.79 Å². The molecule has 1 amide bonds. The van der Waals surface area contributed by atoms with E-state index in [1.54, 1.807) is 18.2 Å². The zero-order valence-corrected chi connectivity index (χ0v) is 11.8. The van der Waals surface area contributed by atoms with E-state index in [-0.39, 0.29) is 11.7 Å². The first-order valence-corrected chi connectivity index (χ1v) is 7.42. The van der Waals surface area contributed by atoms with Gasteiger partial charge in [0.1, 0.15) is 5.82 Å². The summed E-state index contributed by atoms with van der Waals surface area (Å²) in [6, 6.07) is 16.4. The Morgan fingerprint density at radius 1 is 1.05 bits per heavy atom. The Kier molecular flexibility index (Phi) is 5.62. The standard InChI is InChI=1S/C16H16FNOS/c17-14-8-4-5-9-15(14)20-11-10-16(19)18-12-13-6-2-1-3-7-13/h1-9H,10-12H2,(H,18,19). The number of nitrogens with one attached hydrogen (secondary N) is 1. The number of thioether (sulfide) groups is 1. The van der Waals surface area contributed by atoms with Crippen LogP contribution in [0, 0.1) is 5.82 Å². The summed E-state index contributed by atoms with van der Waals surface area (Å²) in [6.45, 7) is 0.532. The first kappa shape index (κ1) is 14.6. The topological polar surface area (TPSA) is 29.1 Å². The highest BCUT2D eigenvalue weighted by molar-refractivity contribution is 7.99. The van der Waals surface area contributed by atoms with Crippen molar-refractivity contribution in [2.24, 2.45) is 0 Å². The van der Waals surface area contributed by atoms with Gasteiger partial charge in [0.25, 0.3) is 0 Å². The van der Waals surface area contributed by atoms with Gasteiger partial charge in [-0.05, 0) is 17.7 Å². The molecule has 4 heteroatoms. The maximum absolute atomic E-state index is 13.4. The van der Waals surface area contributed by atoms with Crippen LogP contribution in [-0.2, 0) is 11.3 Å². The van der Waals surface area contributed by atoms with Crippen LogP contribution < -0.4 is 5.32 Å². The molecule has 0 bridgehead atoms. The predicted octanol–water partition coefficient (Wildman–Crippen LogP) is 3.62. The Bertz CT molecular complexity index is 559. The fourth-order valence-corrected chi connectivity index (χ4v) is 2.59. The van der Waals surface area contributed by atoms with E-state index in [0.29, 0.717) is 23.6 Å². The largest absolute Gasteiger partial charge is 0.352 e. The number of carbonyl (C=O) groups excluding carboxylic acids is 1. The SMILES string of the molecule is O=C(CCSc1ccccc1F)NCc1ccccc1. The zero-order chi connectivity index (χ0) is 14.2.